The van der Waals surface area contributed by atoms with Crippen LogP contribution in [0.25, 0.3) is 0 Å². The Kier molecular flexibility index (Phi) is 7.76. The molecule has 1 saturated heterocycles. The molecule has 0 radical (unpaired) electrons. The number of carbonyl (C=O) groups excluding carboxylic acids is 1. The Hall–Kier alpha value is -4.40. The van der Waals surface area contributed by atoms with Crippen LogP contribution in [0.2, 0.25) is 0 Å². The van der Waals surface area contributed by atoms with Crippen molar-refractivity contribution in [1.29, 1.82) is 0 Å². The summed E-state index contributed by atoms with van der Waals surface area (Å²) in [6.07, 6.45) is 5.31. The van der Waals surface area contributed by atoms with Gasteiger partial charge in [-0.15, -0.1) is 0 Å². The number of carbonyl (C=O) groups is 1. The molecule has 1 atom stereocenters. The lowest BCUT2D eigenvalue weighted by molar-refractivity contribution is -0.385. The molecule has 2 aliphatic heterocycles. The summed E-state index contributed by atoms with van der Waals surface area (Å²) < 4.78 is 17.6. The van der Waals surface area contributed by atoms with Crippen molar-refractivity contribution in [2.75, 3.05) is 19.8 Å². The van der Waals surface area contributed by atoms with Crippen LogP contribution in [0, 0.1) is 24.0 Å². The number of benzene rings is 3. The fraction of sp³-hybridized carbons (Fsp3) is 0.333. The van der Waals surface area contributed by atoms with E-state index in [0.29, 0.717) is 36.0 Å². The summed E-state index contributed by atoms with van der Waals surface area (Å²) in [7, 11) is 0. The number of nitro benzene ring substituents is 1. The van der Waals surface area contributed by atoms with E-state index in [-0.39, 0.29) is 23.4 Å². The summed E-state index contributed by atoms with van der Waals surface area (Å²) in [6, 6.07) is 15.6. The van der Waals surface area contributed by atoms with Gasteiger partial charge in [-0.2, -0.15) is 0 Å². The summed E-state index contributed by atoms with van der Waals surface area (Å²) in [5.41, 5.74) is 3.12. The van der Waals surface area contributed by atoms with Gasteiger partial charge in [-0.3, -0.25) is 19.9 Å². The summed E-state index contributed by atoms with van der Waals surface area (Å²) >= 11 is 0. The molecular weight excluding hydrogens is 498 g/mol. The molecule has 202 valence electrons. The van der Waals surface area contributed by atoms with Crippen molar-refractivity contribution in [3.8, 4) is 23.0 Å². The molecule has 0 saturated carbocycles. The van der Waals surface area contributed by atoms with Gasteiger partial charge >= 0.3 is 5.69 Å². The van der Waals surface area contributed by atoms with Crippen LogP contribution in [-0.4, -0.2) is 47.7 Å². The van der Waals surface area contributed by atoms with Gasteiger partial charge in [0.05, 0.1) is 35.4 Å². The zero-order valence-electron chi connectivity index (χ0n) is 22.1. The van der Waals surface area contributed by atoms with E-state index in [1.165, 1.54) is 6.07 Å². The molecule has 3 aromatic rings. The number of fused-ring (bicyclic) bond motifs is 2. The maximum atomic E-state index is 13.0. The Labute approximate surface area is 227 Å². The molecule has 2 aliphatic rings. The van der Waals surface area contributed by atoms with Crippen molar-refractivity contribution in [2.45, 2.75) is 45.6 Å². The average molecular weight is 530 g/mol. The van der Waals surface area contributed by atoms with Gasteiger partial charge in [0.1, 0.15) is 17.2 Å². The van der Waals surface area contributed by atoms with Gasteiger partial charge in [0.15, 0.2) is 0 Å². The van der Waals surface area contributed by atoms with Gasteiger partial charge in [-0.25, -0.2) is 0 Å². The minimum absolute atomic E-state index is 0.0375. The standard InChI is InChI=1S/C30H31N3O6/c1-20-7-9-23(10-8-20)39-29-17-24(11-12-27(29)33(35)36)37-14-3-4-15-38-28-18-26-25(16-21(28)2)30(34)32-13-5-6-22(32)19-31-26/h7-12,16-19,22H,3-6,13-15H2,1-2H3/t22-/m0/s1. The van der Waals surface area contributed by atoms with Crippen LogP contribution in [0.5, 0.6) is 23.0 Å². The smallest absolute Gasteiger partial charge is 0.311 e. The number of hydrogen-bond acceptors (Lipinski definition) is 7. The molecule has 0 N–H and O–H groups in total. The molecule has 0 aliphatic carbocycles. The highest BCUT2D eigenvalue weighted by Gasteiger charge is 2.32. The van der Waals surface area contributed by atoms with Crippen LogP contribution in [0.1, 0.15) is 47.2 Å². The second kappa shape index (κ2) is 11.6. The fourth-order valence-corrected chi connectivity index (χ4v) is 4.76. The number of ether oxygens (including phenoxy) is 3. The van der Waals surface area contributed by atoms with Gasteiger partial charge in [0.25, 0.3) is 5.91 Å². The van der Waals surface area contributed by atoms with Crippen molar-refractivity contribution in [3.63, 3.8) is 0 Å². The molecule has 2 heterocycles. The van der Waals surface area contributed by atoms with E-state index in [4.69, 9.17) is 14.2 Å². The minimum Gasteiger partial charge on any atom is -0.493 e. The first-order chi connectivity index (χ1) is 18.9. The molecule has 0 bridgehead atoms. The lowest BCUT2D eigenvalue weighted by Gasteiger charge is -2.20. The summed E-state index contributed by atoms with van der Waals surface area (Å²) in [4.78, 5) is 30.4. The number of unbranched alkanes of at least 4 members (excludes halogenated alkanes) is 1. The molecule has 1 amide bonds. The zero-order valence-corrected chi connectivity index (χ0v) is 22.1. The second-order valence-electron chi connectivity index (χ2n) is 9.83. The number of nitro groups is 1. The average Bonchev–Trinajstić information content (AvgIpc) is 3.35. The predicted molar refractivity (Wildman–Crippen MR) is 148 cm³/mol. The normalized spacial score (nSPS) is 15.9. The number of nitrogens with zero attached hydrogens (tertiary/aromatic N) is 3. The third-order valence-corrected chi connectivity index (χ3v) is 6.91. The zero-order chi connectivity index (χ0) is 27.4. The SMILES string of the molecule is Cc1ccc(Oc2cc(OCCCCOc3cc4c(cc3C)C(=O)N3CCC[C@H]3C=N4)ccc2[N+](=O)[O-])cc1. The molecule has 9 nitrogen and oxygen atoms in total. The number of aliphatic imine (C=N–C) groups is 1. The fourth-order valence-electron chi connectivity index (χ4n) is 4.76. The predicted octanol–water partition coefficient (Wildman–Crippen LogP) is 6.56. The van der Waals surface area contributed by atoms with E-state index < -0.39 is 4.92 Å². The summed E-state index contributed by atoms with van der Waals surface area (Å²) in [5.74, 6) is 1.89. The van der Waals surface area contributed by atoms with E-state index in [1.54, 1.807) is 24.3 Å². The van der Waals surface area contributed by atoms with E-state index in [9.17, 15) is 14.9 Å². The summed E-state index contributed by atoms with van der Waals surface area (Å²) in [5, 5.41) is 11.5. The van der Waals surface area contributed by atoms with Gasteiger partial charge in [-0.1, -0.05) is 17.7 Å². The van der Waals surface area contributed by atoms with Crippen LogP contribution >= 0.6 is 0 Å². The molecule has 0 unspecified atom stereocenters. The topological polar surface area (TPSA) is 104 Å². The Bertz CT molecular complexity index is 1400. The van der Waals surface area contributed by atoms with Crippen molar-refractivity contribution < 1.29 is 23.9 Å². The third-order valence-electron chi connectivity index (χ3n) is 6.91. The molecule has 39 heavy (non-hydrogen) atoms. The summed E-state index contributed by atoms with van der Waals surface area (Å²) in [6.45, 7) is 5.57. The minimum atomic E-state index is -0.473. The van der Waals surface area contributed by atoms with Gasteiger partial charge in [0.2, 0.25) is 5.75 Å². The van der Waals surface area contributed by atoms with Crippen LogP contribution in [-0.2, 0) is 0 Å². The maximum Gasteiger partial charge on any atom is 0.311 e. The van der Waals surface area contributed by atoms with Crippen molar-refractivity contribution in [3.05, 3.63) is 81.4 Å². The molecule has 1 fully saturated rings. The van der Waals surface area contributed by atoms with Crippen molar-refractivity contribution in [1.82, 2.24) is 4.90 Å². The third kappa shape index (κ3) is 6.03. The van der Waals surface area contributed by atoms with Gasteiger partial charge in [0, 0.05) is 31.0 Å². The van der Waals surface area contributed by atoms with Gasteiger partial charge < -0.3 is 19.1 Å². The molecule has 0 spiro atoms. The first-order valence-corrected chi connectivity index (χ1v) is 13.2. The maximum absolute atomic E-state index is 13.0. The Morgan fingerprint density at radius 3 is 2.49 bits per heavy atom. The van der Waals surface area contributed by atoms with Crippen LogP contribution in [0.3, 0.4) is 0 Å². The Morgan fingerprint density at radius 1 is 0.974 bits per heavy atom. The number of amides is 1. The molecule has 0 aromatic heterocycles. The first kappa shape index (κ1) is 26.2. The van der Waals surface area contributed by atoms with Crippen molar-refractivity contribution >= 4 is 23.5 Å². The largest absolute Gasteiger partial charge is 0.493 e. The monoisotopic (exact) mass is 529 g/mol. The highest BCUT2D eigenvalue weighted by Crippen LogP contribution is 2.36. The van der Waals surface area contributed by atoms with Crippen LogP contribution in [0.15, 0.2) is 59.6 Å². The number of aryl methyl sites for hydroxylation is 2. The highest BCUT2D eigenvalue weighted by molar-refractivity contribution is 6.03. The van der Waals surface area contributed by atoms with Crippen molar-refractivity contribution in [2.24, 2.45) is 4.99 Å². The molecule has 3 aromatic carbocycles. The van der Waals surface area contributed by atoms with E-state index in [2.05, 4.69) is 4.99 Å². The Balaban J connectivity index is 1.13. The lowest BCUT2D eigenvalue weighted by atomic mass is 10.1. The first-order valence-electron chi connectivity index (χ1n) is 13.2. The van der Waals surface area contributed by atoms with Crippen LogP contribution < -0.4 is 14.2 Å². The number of hydrogen-bond donors (Lipinski definition) is 0. The highest BCUT2D eigenvalue weighted by atomic mass is 16.6. The molecular formula is C30H31N3O6. The Morgan fingerprint density at radius 2 is 1.72 bits per heavy atom. The lowest BCUT2D eigenvalue weighted by Crippen LogP contribution is -2.35. The van der Waals surface area contributed by atoms with E-state index in [1.807, 2.05) is 49.2 Å². The van der Waals surface area contributed by atoms with E-state index in [0.717, 1.165) is 49.1 Å². The van der Waals surface area contributed by atoms with Gasteiger partial charge in [-0.05, 0) is 69.4 Å². The molecule has 9 heteroatoms. The number of rotatable bonds is 10. The quantitative estimate of drug-likeness (QED) is 0.167. The van der Waals surface area contributed by atoms with E-state index >= 15 is 0 Å². The molecule has 5 rings (SSSR count). The second-order valence-corrected chi connectivity index (χ2v) is 9.83. The van der Waals surface area contributed by atoms with Crippen LogP contribution in [0.4, 0.5) is 11.4 Å².